The molecule has 0 atom stereocenters. The van der Waals surface area contributed by atoms with Crippen molar-refractivity contribution in [2.24, 2.45) is 0 Å². The maximum Gasteiger partial charge on any atom is 0.265 e. The van der Waals surface area contributed by atoms with Crippen LogP contribution < -0.4 is 15.4 Å². The average Bonchev–Trinajstić information content (AvgIpc) is 2.75. The molecule has 0 fully saturated rings. The van der Waals surface area contributed by atoms with Gasteiger partial charge in [-0.15, -0.1) is 0 Å². The molecule has 6 nitrogen and oxygen atoms in total. The largest absolute Gasteiger partial charge is 0.352 e. The van der Waals surface area contributed by atoms with Crippen molar-refractivity contribution in [3.8, 4) is 0 Å². The van der Waals surface area contributed by atoms with Gasteiger partial charge in [0.25, 0.3) is 11.5 Å². The fraction of sp³-hybridized carbons (Fsp3) is 0.250. The van der Waals surface area contributed by atoms with Gasteiger partial charge in [0.1, 0.15) is 12.2 Å². The van der Waals surface area contributed by atoms with Gasteiger partial charge in [-0.3, -0.25) is 14.0 Å². The van der Waals surface area contributed by atoms with Crippen molar-refractivity contribution in [1.29, 1.82) is 0 Å². The van der Waals surface area contributed by atoms with Crippen molar-refractivity contribution < 1.29 is 9.36 Å². The molecule has 0 unspecified atom stereocenters. The van der Waals surface area contributed by atoms with E-state index in [2.05, 4.69) is 14.9 Å². The molecule has 6 heteroatoms. The summed E-state index contributed by atoms with van der Waals surface area (Å²) in [7, 11) is 0. The number of carbonyl (C=O) groups is 1. The topological polar surface area (TPSA) is 67.3 Å². The fourth-order valence-corrected chi connectivity index (χ4v) is 3.51. The third-order valence-electron chi connectivity index (χ3n) is 5.39. The number of unbranched alkanes of at least 4 members (excludes halogenated alkanes) is 1. The van der Waals surface area contributed by atoms with E-state index in [1.165, 1.54) is 4.40 Å². The van der Waals surface area contributed by atoms with Crippen molar-refractivity contribution in [3.63, 3.8) is 0 Å². The Kier molecular flexibility index (Phi) is 5.57. The molecule has 3 aromatic heterocycles. The number of fused-ring (bicyclic) bond motifs is 2. The zero-order chi connectivity index (χ0) is 21.1. The van der Waals surface area contributed by atoms with Gasteiger partial charge in [0.15, 0.2) is 12.4 Å². The highest BCUT2D eigenvalue weighted by molar-refractivity contribution is 5.94. The van der Waals surface area contributed by atoms with Crippen LogP contribution in [0.2, 0.25) is 0 Å². The number of nitrogens with zero attached hydrogens (tertiary/aromatic N) is 3. The minimum atomic E-state index is -0.184. The molecule has 0 bridgehead atoms. The summed E-state index contributed by atoms with van der Waals surface area (Å²) >= 11 is 0. The molecule has 0 saturated heterocycles. The monoisotopic (exact) mass is 401 g/mol. The standard InChI is InChI=1S/C24H24N4O2/c1-17-14-20-21(15-18(17)2)26-22-9-8-19(16-28(22)24(20)30)23(29)25-10-4-7-13-27-11-5-3-6-12-27/h3,5-6,8-9,11-12,14-16H,4,7,10,13H2,1-2H3/p+1. The zero-order valence-corrected chi connectivity index (χ0v) is 17.3. The van der Waals surface area contributed by atoms with Crippen LogP contribution in [0, 0.1) is 13.8 Å². The summed E-state index contributed by atoms with van der Waals surface area (Å²) < 4.78 is 3.58. The SMILES string of the molecule is Cc1cc2nc3ccc(C(=O)NCCCC[n+]4ccccc4)cn3c(=O)c2cc1C. The van der Waals surface area contributed by atoms with E-state index < -0.39 is 0 Å². The summed E-state index contributed by atoms with van der Waals surface area (Å²) in [5.41, 5.74) is 3.65. The molecule has 30 heavy (non-hydrogen) atoms. The number of nitrogens with one attached hydrogen (secondary N) is 1. The lowest BCUT2D eigenvalue weighted by Crippen LogP contribution is -2.33. The first-order chi connectivity index (χ1) is 14.5. The van der Waals surface area contributed by atoms with Gasteiger partial charge >= 0.3 is 0 Å². The lowest BCUT2D eigenvalue weighted by Gasteiger charge is -2.09. The van der Waals surface area contributed by atoms with Gasteiger partial charge in [0, 0.05) is 31.3 Å². The van der Waals surface area contributed by atoms with E-state index in [9.17, 15) is 9.59 Å². The number of amides is 1. The molecule has 0 aliphatic heterocycles. The average molecular weight is 401 g/mol. The Balaban J connectivity index is 1.46. The second-order valence-electron chi connectivity index (χ2n) is 7.59. The second-order valence-corrected chi connectivity index (χ2v) is 7.59. The Morgan fingerprint density at radius 2 is 1.83 bits per heavy atom. The van der Waals surface area contributed by atoms with Gasteiger partial charge in [0.05, 0.1) is 16.5 Å². The molecule has 4 rings (SSSR count). The Bertz CT molecular complexity index is 1280. The van der Waals surface area contributed by atoms with Crippen LogP contribution in [0.4, 0.5) is 0 Å². The smallest absolute Gasteiger partial charge is 0.265 e. The molecule has 4 aromatic rings. The van der Waals surface area contributed by atoms with Crippen molar-refractivity contribution in [3.05, 3.63) is 88.1 Å². The number of rotatable bonds is 6. The Hall–Kier alpha value is -3.54. The molecule has 0 radical (unpaired) electrons. The van der Waals surface area contributed by atoms with Crippen molar-refractivity contribution in [1.82, 2.24) is 14.7 Å². The summed E-state index contributed by atoms with van der Waals surface area (Å²) in [5, 5.41) is 3.50. The van der Waals surface area contributed by atoms with Gasteiger partial charge in [-0.2, -0.15) is 0 Å². The number of benzene rings is 1. The summed E-state index contributed by atoms with van der Waals surface area (Å²) in [4.78, 5) is 30.1. The lowest BCUT2D eigenvalue weighted by atomic mass is 10.1. The van der Waals surface area contributed by atoms with Crippen molar-refractivity contribution in [2.75, 3.05) is 6.54 Å². The first-order valence-electron chi connectivity index (χ1n) is 10.2. The van der Waals surface area contributed by atoms with E-state index in [0.717, 1.165) is 30.5 Å². The number of hydrogen-bond acceptors (Lipinski definition) is 3. The molecule has 0 aliphatic rings. The Morgan fingerprint density at radius 1 is 1.07 bits per heavy atom. The number of hydrogen-bond donors (Lipinski definition) is 1. The van der Waals surface area contributed by atoms with E-state index in [4.69, 9.17) is 0 Å². The predicted molar refractivity (Wildman–Crippen MR) is 117 cm³/mol. The van der Waals surface area contributed by atoms with Crippen LogP contribution in [-0.2, 0) is 6.54 Å². The summed E-state index contributed by atoms with van der Waals surface area (Å²) in [6, 6.07) is 13.2. The highest BCUT2D eigenvalue weighted by Gasteiger charge is 2.11. The first-order valence-corrected chi connectivity index (χ1v) is 10.2. The molecular weight excluding hydrogens is 376 g/mol. The van der Waals surface area contributed by atoms with Crippen LogP contribution in [0.5, 0.6) is 0 Å². The minimum Gasteiger partial charge on any atom is -0.352 e. The third-order valence-corrected chi connectivity index (χ3v) is 5.39. The molecular formula is C24H25N4O2+. The second kappa shape index (κ2) is 8.45. The van der Waals surface area contributed by atoms with Gasteiger partial charge < -0.3 is 5.32 Å². The van der Waals surface area contributed by atoms with Crippen molar-refractivity contribution >= 4 is 22.5 Å². The predicted octanol–water partition coefficient (Wildman–Crippen LogP) is 2.96. The van der Waals surface area contributed by atoms with E-state index in [1.54, 1.807) is 18.3 Å². The van der Waals surface area contributed by atoms with Crippen LogP contribution in [0.3, 0.4) is 0 Å². The summed E-state index contributed by atoms with van der Waals surface area (Å²) in [6.07, 6.45) is 7.50. The molecule has 1 aromatic carbocycles. The minimum absolute atomic E-state index is 0.160. The highest BCUT2D eigenvalue weighted by atomic mass is 16.1. The maximum atomic E-state index is 12.9. The number of pyridine rings is 2. The lowest BCUT2D eigenvalue weighted by molar-refractivity contribution is -0.697. The van der Waals surface area contributed by atoms with Gasteiger partial charge in [-0.25, -0.2) is 9.55 Å². The van der Waals surface area contributed by atoms with Crippen molar-refractivity contribution in [2.45, 2.75) is 33.2 Å². The number of carbonyl (C=O) groups excluding carboxylic acids is 1. The number of aryl methyl sites for hydroxylation is 3. The van der Waals surface area contributed by atoms with E-state index in [1.807, 2.05) is 56.6 Å². The number of aromatic nitrogens is 3. The first kappa shape index (κ1) is 19.8. The molecule has 0 saturated carbocycles. The van der Waals surface area contributed by atoms with Crippen LogP contribution >= 0.6 is 0 Å². The van der Waals surface area contributed by atoms with E-state index in [0.29, 0.717) is 28.7 Å². The molecule has 152 valence electrons. The fourth-order valence-electron chi connectivity index (χ4n) is 3.51. The van der Waals surface area contributed by atoms with Crippen LogP contribution in [0.25, 0.3) is 16.6 Å². The molecule has 0 spiro atoms. The van der Waals surface area contributed by atoms with Gasteiger partial charge in [-0.1, -0.05) is 6.07 Å². The normalized spacial score (nSPS) is 11.1. The van der Waals surface area contributed by atoms with Gasteiger partial charge in [-0.05, 0) is 55.7 Å². The quantitative estimate of drug-likeness (QED) is 0.307. The molecule has 1 amide bonds. The van der Waals surface area contributed by atoms with Crippen LogP contribution in [0.15, 0.2) is 65.8 Å². The van der Waals surface area contributed by atoms with E-state index in [-0.39, 0.29) is 11.5 Å². The Labute approximate surface area is 174 Å². The summed E-state index contributed by atoms with van der Waals surface area (Å²) in [6.45, 7) is 5.49. The zero-order valence-electron chi connectivity index (χ0n) is 17.3. The molecule has 1 N–H and O–H groups in total. The highest BCUT2D eigenvalue weighted by Crippen LogP contribution is 2.16. The third kappa shape index (κ3) is 4.08. The van der Waals surface area contributed by atoms with E-state index >= 15 is 0 Å². The molecule has 3 heterocycles. The maximum absolute atomic E-state index is 12.9. The molecule has 0 aliphatic carbocycles. The summed E-state index contributed by atoms with van der Waals surface area (Å²) in [5.74, 6) is -0.184. The van der Waals surface area contributed by atoms with Gasteiger partial charge in [0.2, 0.25) is 0 Å². The van der Waals surface area contributed by atoms with Crippen LogP contribution in [-0.4, -0.2) is 21.8 Å². The Morgan fingerprint density at radius 3 is 2.63 bits per heavy atom. The van der Waals surface area contributed by atoms with Crippen LogP contribution in [0.1, 0.15) is 34.3 Å².